The van der Waals surface area contributed by atoms with Crippen molar-refractivity contribution in [2.45, 2.75) is 37.4 Å². The highest BCUT2D eigenvalue weighted by Crippen LogP contribution is 2.39. The van der Waals surface area contributed by atoms with E-state index >= 15 is 0 Å². The molecule has 0 aromatic heterocycles. The third-order valence-electron chi connectivity index (χ3n) is 1.89. The van der Waals surface area contributed by atoms with E-state index in [1.807, 2.05) is 21.6 Å². The van der Waals surface area contributed by atoms with Gasteiger partial charge in [-0.05, 0) is 19.3 Å². The van der Waals surface area contributed by atoms with Gasteiger partial charge in [-0.3, -0.25) is 4.79 Å². The maximum atomic E-state index is 10.2. The molecule has 1 rings (SSSR count). The van der Waals surface area contributed by atoms with E-state index in [1.54, 1.807) is 0 Å². The SMILES string of the molecule is O=C(O)CCCC[C@H]1CCSS1. The molecule has 1 heterocycles. The first-order valence-electron chi connectivity index (χ1n) is 4.29. The van der Waals surface area contributed by atoms with E-state index in [0.29, 0.717) is 6.42 Å². The number of carboxylic acid groups (broad SMARTS) is 1. The molecule has 0 radical (unpaired) electrons. The molecule has 4 heteroatoms. The van der Waals surface area contributed by atoms with Crippen LogP contribution < -0.4 is 0 Å². The van der Waals surface area contributed by atoms with Crippen molar-refractivity contribution in [1.29, 1.82) is 0 Å². The molecule has 0 saturated carbocycles. The fourth-order valence-corrected chi connectivity index (χ4v) is 4.24. The summed E-state index contributed by atoms with van der Waals surface area (Å²) in [4.78, 5) is 10.2. The van der Waals surface area contributed by atoms with Crippen LogP contribution in [0.3, 0.4) is 0 Å². The predicted molar refractivity (Wildman–Crippen MR) is 54.6 cm³/mol. The molecule has 2 nitrogen and oxygen atoms in total. The second kappa shape index (κ2) is 5.75. The van der Waals surface area contributed by atoms with Gasteiger partial charge >= 0.3 is 5.97 Å². The van der Waals surface area contributed by atoms with E-state index in [4.69, 9.17) is 5.11 Å². The van der Waals surface area contributed by atoms with Crippen molar-refractivity contribution >= 4 is 27.6 Å². The molecule has 1 atom stereocenters. The Kier molecular flexibility index (Phi) is 4.92. The van der Waals surface area contributed by atoms with E-state index in [0.717, 1.165) is 18.1 Å². The Morgan fingerprint density at radius 3 is 2.92 bits per heavy atom. The van der Waals surface area contributed by atoms with Crippen molar-refractivity contribution in [1.82, 2.24) is 0 Å². The predicted octanol–water partition coefficient (Wildman–Crippen LogP) is 2.79. The molecule has 0 aromatic rings. The molecule has 0 unspecified atom stereocenters. The van der Waals surface area contributed by atoms with Gasteiger partial charge in [0.05, 0.1) is 0 Å². The Balaban J connectivity index is 1.91. The summed E-state index contributed by atoms with van der Waals surface area (Å²) in [5.41, 5.74) is 0. The molecule has 1 aliphatic rings. The summed E-state index contributed by atoms with van der Waals surface area (Å²) >= 11 is 0. The summed E-state index contributed by atoms with van der Waals surface area (Å²) in [5.74, 6) is 0.609. The molecular formula is C8H14O2S2. The monoisotopic (exact) mass is 206 g/mol. The van der Waals surface area contributed by atoms with Crippen LogP contribution in [0.25, 0.3) is 0 Å². The van der Waals surface area contributed by atoms with Gasteiger partial charge in [0.1, 0.15) is 0 Å². The topological polar surface area (TPSA) is 37.3 Å². The van der Waals surface area contributed by atoms with Gasteiger partial charge in [-0.1, -0.05) is 28.0 Å². The largest absolute Gasteiger partial charge is 0.481 e. The standard InChI is InChI=1S/C8H14O2S2/c9-8(10)4-2-1-3-7-5-6-11-12-7/h7H,1-6H2,(H,9,10)/t7-/m0/s1. The van der Waals surface area contributed by atoms with Gasteiger partial charge in [0, 0.05) is 17.4 Å². The van der Waals surface area contributed by atoms with Gasteiger partial charge in [-0.15, -0.1) is 0 Å². The number of unbranched alkanes of at least 4 members (excludes halogenated alkanes) is 1. The van der Waals surface area contributed by atoms with Crippen LogP contribution in [0.5, 0.6) is 0 Å². The molecule has 70 valence electrons. The zero-order chi connectivity index (χ0) is 8.81. The van der Waals surface area contributed by atoms with Crippen LogP contribution in [0.15, 0.2) is 0 Å². The number of aliphatic carboxylic acids is 1. The van der Waals surface area contributed by atoms with Crippen LogP contribution in [0, 0.1) is 0 Å². The molecule has 0 aromatic carbocycles. The Morgan fingerprint density at radius 1 is 1.50 bits per heavy atom. The Morgan fingerprint density at radius 2 is 2.33 bits per heavy atom. The summed E-state index contributed by atoms with van der Waals surface area (Å²) in [6.45, 7) is 0. The zero-order valence-corrected chi connectivity index (χ0v) is 8.62. The van der Waals surface area contributed by atoms with Crippen molar-refractivity contribution in [2.24, 2.45) is 0 Å². The van der Waals surface area contributed by atoms with Crippen molar-refractivity contribution in [2.75, 3.05) is 5.75 Å². The van der Waals surface area contributed by atoms with Crippen LogP contribution in [0.2, 0.25) is 0 Å². The van der Waals surface area contributed by atoms with Crippen molar-refractivity contribution in [3.05, 3.63) is 0 Å². The first kappa shape index (κ1) is 10.3. The molecule has 1 aliphatic heterocycles. The lowest BCUT2D eigenvalue weighted by molar-refractivity contribution is -0.137. The fourth-order valence-electron chi connectivity index (χ4n) is 1.21. The molecule has 0 aliphatic carbocycles. The average Bonchev–Trinajstić information content (AvgIpc) is 2.49. The molecule has 1 N–H and O–H groups in total. The van der Waals surface area contributed by atoms with Gasteiger partial charge in [0.15, 0.2) is 0 Å². The van der Waals surface area contributed by atoms with Crippen LogP contribution in [-0.2, 0) is 4.79 Å². The number of carbonyl (C=O) groups is 1. The minimum atomic E-state index is -0.663. The molecule has 1 saturated heterocycles. The van der Waals surface area contributed by atoms with Crippen molar-refractivity contribution in [3.63, 3.8) is 0 Å². The van der Waals surface area contributed by atoms with E-state index in [2.05, 4.69) is 0 Å². The van der Waals surface area contributed by atoms with Crippen LogP contribution in [-0.4, -0.2) is 22.1 Å². The minimum absolute atomic E-state index is 0.338. The minimum Gasteiger partial charge on any atom is -0.481 e. The summed E-state index contributed by atoms with van der Waals surface area (Å²) in [6, 6.07) is 0. The van der Waals surface area contributed by atoms with Crippen molar-refractivity contribution in [3.8, 4) is 0 Å². The fraction of sp³-hybridized carbons (Fsp3) is 0.875. The smallest absolute Gasteiger partial charge is 0.303 e. The summed E-state index contributed by atoms with van der Waals surface area (Å²) in [7, 11) is 3.92. The maximum absolute atomic E-state index is 10.2. The summed E-state index contributed by atoms with van der Waals surface area (Å²) < 4.78 is 0. The van der Waals surface area contributed by atoms with Crippen LogP contribution >= 0.6 is 21.6 Å². The first-order chi connectivity index (χ1) is 5.79. The summed E-state index contributed by atoms with van der Waals surface area (Å²) in [5, 5.41) is 9.19. The maximum Gasteiger partial charge on any atom is 0.303 e. The quantitative estimate of drug-likeness (QED) is 0.554. The van der Waals surface area contributed by atoms with E-state index in [-0.39, 0.29) is 0 Å². The van der Waals surface area contributed by atoms with E-state index in [9.17, 15) is 4.79 Å². The average molecular weight is 206 g/mol. The van der Waals surface area contributed by atoms with Gasteiger partial charge in [0.25, 0.3) is 0 Å². The number of hydrogen-bond acceptors (Lipinski definition) is 3. The van der Waals surface area contributed by atoms with E-state index in [1.165, 1.54) is 18.6 Å². The number of rotatable bonds is 5. The number of hydrogen-bond donors (Lipinski definition) is 1. The lowest BCUT2D eigenvalue weighted by Crippen LogP contribution is -1.99. The van der Waals surface area contributed by atoms with Gasteiger partial charge in [-0.25, -0.2) is 0 Å². The van der Waals surface area contributed by atoms with Gasteiger partial charge in [0.2, 0.25) is 0 Å². The van der Waals surface area contributed by atoms with Gasteiger partial charge < -0.3 is 5.11 Å². The highest BCUT2D eigenvalue weighted by molar-refractivity contribution is 8.77. The number of carboxylic acids is 1. The Bertz CT molecular complexity index is 144. The van der Waals surface area contributed by atoms with E-state index < -0.39 is 5.97 Å². The Labute approximate surface area is 80.9 Å². The highest BCUT2D eigenvalue weighted by Gasteiger charge is 2.15. The van der Waals surface area contributed by atoms with Crippen LogP contribution in [0.4, 0.5) is 0 Å². The third-order valence-corrected chi connectivity index (χ3v) is 4.90. The summed E-state index contributed by atoms with van der Waals surface area (Å²) in [6.07, 6.45) is 4.76. The molecule has 1 fully saturated rings. The second-order valence-electron chi connectivity index (χ2n) is 2.97. The molecular weight excluding hydrogens is 192 g/mol. The van der Waals surface area contributed by atoms with Crippen molar-refractivity contribution < 1.29 is 9.90 Å². The molecule has 0 bridgehead atoms. The van der Waals surface area contributed by atoms with Gasteiger partial charge in [-0.2, -0.15) is 0 Å². The normalized spacial score (nSPS) is 22.8. The lowest BCUT2D eigenvalue weighted by Gasteiger charge is -2.04. The lowest BCUT2D eigenvalue weighted by atomic mass is 10.1. The molecule has 0 amide bonds. The van der Waals surface area contributed by atoms with Crippen LogP contribution in [0.1, 0.15) is 32.1 Å². The Hall–Kier alpha value is 0.170. The second-order valence-corrected chi connectivity index (χ2v) is 5.76. The first-order valence-corrected chi connectivity index (χ1v) is 6.67. The molecule has 0 spiro atoms. The zero-order valence-electron chi connectivity index (χ0n) is 6.99. The molecule has 12 heavy (non-hydrogen) atoms. The third kappa shape index (κ3) is 4.26. The highest BCUT2D eigenvalue weighted by atomic mass is 33.1.